The number of aliphatic hydroxyl groups is 3. The number of aliphatic hydroxyl groups excluding tert-OH is 3. The summed E-state index contributed by atoms with van der Waals surface area (Å²) < 4.78 is 9.80. The topological polar surface area (TPSA) is 79.2 Å². The van der Waals surface area contributed by atoms with E-state index in [0.717, 1.165) is 0 Å². The van der Waals surface area contributed by atoms with Crippen LogP contribution in [0, 0.1) is 0 Å². The third-order valence-electron chi connectivity index (χ3n) is 2.04. The van der Waals surface area contributed by atoms with E-state index in [1.807, 2.05) is 0 Å². The molecule has 12 heavy (non-hydrogen) atoms. The first-order chi connectivity index (χ1) is 5.57. The Morgan fingerprint density at radius 2 is 1.67 bits per heavy atom. The summed E-state index contributed by atoms with van der Waals surface area (Å²) in [7, 11) is 1.37. The Kier molecular flexibility index (Phi) is 3.03. The van der Waals surface area contributed by atoms with Gasteiger partial charge in [-0.15, -0.1) is 0 Å². The van der Waals surface area contributed by atoms with Gasteiger partial charge in [0.1, 0.15) is 18.3 Å². The summed E-state index contributed by atoms with van der Waals surface area (Å²) in [6.07, 6.45) is -4.86. The molecule has 1 heterocycles. The Bertz CT molecular complexity index is 146. The van der Waals surface area contributed by atoms with Crippen LogP contribution in [0.1, 0.15) is 6.92 Å². The fourth-order valence-electron chi connectivity index (χ4n) is 1.21. The summed E-state index contributed by atoms with van der Waals surface area (Å²) in [4.78, 5) is 0. The van der Waals surface area contributed by atoms with E-state index in [-0.39, 0.29) is 0 Å². The number of hydrogen-bond acceptors (Lipinski definition) is 5. The van der Waals surface area contributed by atoms with Crippen molar-refractivity contribution < 1.29 is 24.8 Å². The van der Waals surface area contributed by atoms with Crippen molar-refractivity contribution in [3.8, 4) is 0 Å². The molecule has 0 unspecified atom stereocenters. The van der Waals surface area contributed by atoms with Crippen LogP contribution >= 0.6 is 0 Å². The van der Waals surface area contributed by atoms with Gasteiger partial charge in [-0.25, -0.2) is 0 Å². The van der Waals surface area contributed by atoms with E-state index >= 15 is 0 Å². The lowest BCUT2D eigenvalue weighted by molar-refractivity contribution is -0.286. The Balaban J connectivity index is 2.63. The van der Waals surface area contributed by atoms with Gasteiger partial charge < -0.3 is 24.8 Å². The van der Waals surface area contributed by atoms with Crippen LogP contribution in [0.5, 0.6) is 0 Å². The van der Waals surface area contributed by atoms with Crippen LogP contribution in [0.15, 0.2) is 0 Å². The summed E-state index contributed by atoms with van der Waals surface area (Å²) in [5.41, 5.74) is 0. The lowest BCUT2D eigenvalue weighted by atomic mass is 10.0. The summed E-state index contributed by atoms with van der Waals surface area (Å²) >= 11 is 0. The van der Waals surface area contributed by atoms with Crippen LogP contribution in [0.4, 0.5) is 0 Å². The summed E-state index contributed by atoms with van der Waals surface area (Å²) in [5, 5.41) is 27.8. The number of hydrogen-bond donors (Lipinski definition) is 3. The van der Waals surface area contributed by atoms with Gasteiger partial charge in [-0.3, -0.25) is 0 Å². The Labute approximate surface area is 70.5 Å². The molecule has 0 aromatic carbocycles. The summed E-state index contributed by atoms with van der Waals surface area (Å²) in [6.45, 7) is 1.60. The molecule has 5 nitrogen and oxygen atoms in total. The van der Waals surface area contributed by atoms with Crippen molar-refractivity contribution in [2.75, 3.05) is 7.11 Å². The van der Waals surface area contributed by atoms with Crippen molar-refractivity contribution in [2.24, 2.45) is 0 Å². The second kappa shape index (κ2) is 3.68. The minimum Gasteiger partial charge on any atom is -0.388 e. The summed E-state index contributed by atoms with van der Waals surface area (Å²) in [5.74, 6) is 0. The SMILES string of the molecule is CO[C@@H]1O[C@H](C)[C@H](O)[C@H](O)[C@H]1O. The number of rotatable bonds is 1. The third kappa shape index (κ3) is 1.60. The molecular formula is C7H14O5. The molecule has 3 N–H and O–H groups in total. The zero-order chi connectivity index (χ0) is 9.30. The van der Waals surface area contributed by atoms with Gasteiger partial charge in [0.15, 0.2) is 6.29 Å². The van der Waals surface area contributed by atoms with Gasteiger partial charge in [-0.1, -0.05) is 0 Å². The van der Waals surface area contributed by atoms with E-state index < -0.39 is 30.7 Å². The van der Waals surface area contributed by atoms with E-state index in [4.69, 9.17) is 9.47 Å². The van der Waals surface area contributed by atoms with E-state index in [0.29, 0.717) is 0 Å². The first kappa shape index (κ1) is 9.88. The highest BCUT2D eigenvalue weighted by molar-refractivity contribution is 4.86. The monoisotopic (exact) mass is 178 g/mol. The maximum atomic E-state index is 9.27. The first-order valence-electron chi connectivity index (χ1n) is 3.80. The molecule has 0 aromatic heterocycles. The predicted molar refractivity (Wildman–Crippen MR) is 39.4 cm³/mol. The highest BCUT2D eigenvalue weighted by Gasteiger charge is 2.41. The van der Waals surface area contributed by atoms with Gasteiger partial charge in [0.25, 0.3) is 0 Å². The molecule has 0 amide bonds. The molecule has 1 aliphatic rings. The second-order valence-corrected chi connectivity index (χ2v) is 2.92. The molecule has 1 saturated heterocycles. The minimum absolute atomic E-state index is 0.534. The van der Waals surface area contributed by atoms with E-state index in [1.54, 1.807) is 6.92 Å². The van der Waals surface area contributed by atoms with Crippen LogP contribution in [-0.2, 0) is 9.47 Å². The Morgan fingerprint density at radius 3 is 2.17 bits per heavy atom. The smallest absolute Gasteiger partial charge is 0.186 e. The van der Waals surface area contributed by atoms with Crippen molar-refractivity contribution in [3.63, 3.8) is 0 Å². The average Bonchev–Trinajstić information content (AvgIpc) is 2.08. The average molecular weight is 178 g/mol. The molecule has 0 spiro atoms. The standard InChI is InChI=1S/C7H14O5/c1-3-4(8)5(9)6(10)7(11-2)12-3/h3-10H,1-2H3/t3-,4+,5+,6-,7-/m1/s1. The van der Waals surface area contributed by atoms with Crippen molar-refractivity contribution >= 4 is 0 Å². The molecule has 1 aliphatic heterocycles. The van der Waals surface area contributed by atoms with E-state index in [1.165, 1.54) is 7.11 Å². The molecule has 72 valence electrons. The van der Waals surface area contributed by atoms with E-state index in [9.17, 15) is 15.3 Å². The largest absolute Gasteiger partial charge is 0.388 e. The highest BCUT2D eigenvalue weighted by Crippen LogP contribution is 2.20. The zero-order valence-corrected chi connectivity index (χ0v) is 7.04. The van der Waals surface area contributed by atoms with Gasteiger partial charge in [-0.2, -0.15) is 0 Å². The van der Waals surface area contributed by atoms with Crippen molar-refractivity contribution in [1.29, 1.82) is 0 Å². The van der Waals surface area contributed by atoms with Crippen LogP contribution in [0.3, 0.4) is 0 Å². The van der Waals surface area contributed by atoms with Crippen molar-refractivity contribution in [2.45, 2.75) is 37.6 Å². The van der Waals surface area contributed by atoms with Crippen LogP contribution < -0.4 is 0 Å². The maximum absolute atomic E-state index is 9.27. The van der Waals surface area contributed by atoms with Crippen LogP contribution in [-0.4, -0.2) is 53.1 Å². The minimum atomic E-state index is -1.21. The fourth-order valence-corrected chi connectivity index (χ4v) is 1.21. The Morgan fingerprint density at radius 1 is 1.08 bits per heavy atom. The highest BCUT2D eigenvalue weighted by atomic mass is 16.7. The molecule has 0 saturated carbocycles. The van der Waals surface area contributed by atoms with Gasteiger partial charge in [-0.05, 0) is 6.92 Å². The second-order valence-electron chi connectivity index (χ2n) is 2.92. The lowest BCUT2D eigenvalue weighted by Crippen LogP contribution is -2.57. The van der Waals surface area contributed by atoms with E-state index in [2.05, 4.69) is 0 Å². The first-order valence-corrected chi connectivity index (χ1v) is 3.80. The molecule has 0 aromatic rings. The molecule has 5 atom stereocenters. The normalized spacial score (nSPS) is 49.2. The van der Waals surface area contributed by atoms with Crippen molar-refractivity contribution in [1.82, 2.24) is 0 Å². The zero-order valence-electron chi connectivity index (χ0n) is 7.04. The quantitative estimate of drug-likeness (QED) is 0.453. The molecule has 1 rings (SSSR count). The molecule has 0 aliphatic carbocycles. The third-order valence-corrected chi connectivity index (χ3v) is 2.04. The summed E-state index contributed by atoms with van der Waals surface area (Å²) in [6, 6.07) is 0. The fraction of sp³-hybridized carbons (Fsp3) is 1.00. The maximum Gasteiger partial charge on any atom is 0.186 e. The van der Waals surface area contributed by atoms with Crippen LogP contribution in [0.25, 0.3) is 0 Å². The number of methoxy groups -OCH3 is 1. The molecule has 1 fully saturated rings. The number of ether oxygens (including phenoxy) is 2. The van der Waals surface area contributed by atoms with Gasteiger partial charge in [0, 0.05) is 7.11 Å². The molecular weight excluding hydrogens is 164 g/mol. The Hall–Kier alpha value is -0.200. The molecule has 0 bridgehead atoms. The van der Waals surface area contributed by atoms with Gasteiger partial charge in [0.2, 0.25) is 0 Å². The predicted octanol–water partition coefficient (Wildman–Crippen LogP) is -1.54. The molecule has 5 heteroatoms. The van der Waals surface area contributed by atoms with Gasteiger partial charge in [0.05, 0.1) is 6.10 Å². The van der Waals surface area contributed by atoms with Crippen LogP contribution in [0.2, 0.25) is 0 Å². The van der Waals surface area contributed by atoms with Crippen molar-refractivity contribution in [3.05, 3.63) is 0 Å². The van der Waals surface area contributed by atoms with Gasteiger partial charge >= 0.3 is 0 Å². The lowest BCUT2D eigenvalue weighted by Gasteiger charge is -2.38. The molecule has 0 radical (unpaired) electrons.